The third-order valence-corrected chi connectivity index (χ3v) is 4.16. The van der Waals surface area contributed by atoms with Crippen LogP contribution in [-0.4, -0.2) is 0 Å². The van der Waals surface area contributed by atoms with E-state index in [-0.39, 0.29) is 5.41 Å². The minimum atomic E-state index is -0.264. The molecule has 2 aromatic rings. The van der Waals surface area contributed by atoms with Crippen molar-refractivity contribution >= 4 is 0 Å². The highest BCUT2D eigenvalue weighted by molar-refractivity contribution is 5.58. The molecule has 0 spiro atoms. The predicted octanol–water partition coefficient (Wildman–Crippen LogP) is 4.67. The first-order valence-corrected chi connectivity index (χ1v) is 6.90. The number of benzene rings is 1. The Kier molecular flexibility index (Phi) is 3.13. The number of hydrogen-bond donors (Lipinski definition) is 0. The number of nitriles is 1. The second kappa shape index (κ2) is 4.93. The standard InChI is InChI=1S/C17H17NO/c18-13-17(10-2-1-3-11-17)15-8-6-14(7-9-15)16-5-4-12-19-16/h4-9,12H,1-3,10-11H2. The summed E-state index contributed by atoms with van der Waals surface area (Å²) in [4.78, 5) is 0. The molecule has 0 saturated heterocycles. The van der Waals surface area contributed by atoms with Crippen molar-refractivity contribution in [3.63, 3.8) is 0 Å². The van der Waals surface area contributed by atoms with Gasteiger partial charge in [-0.15, -0.1) is 0 Å². The molecule has 0 radical (unpaired) electrons. The Morgan fingerprint density at radius 3 is 2.32 bits per heavy atom. The molecule has 0 unspecified atom stereocenters. The number of hydrogen-bond acceptors (Lipinski definition) is 2. The lowest BCUT2D eigenvalue weighted by Gasteiger charge is -2.31. The van der Waals surface area contributed by atoms with E-state index in [9.17, 15) is 5.26 Å². The van der Waals surface area contributed by atoms with Crippen molar-refractivity contribution in [2.45, 2.75) is 37.5 Å². The molecule has 1 fully saturated rings. The molecule has 0 amide bonds. The van der Waals surface area contributed by atoms with Gasteiger partial charge in [0.1, 0.15) is 5.76 Å². The fourth-order valence-corrected chi connectivity index (χ4v) is 3.02. The van der Waals surface area contributed by atoms with Crippen LogP contribution in [0.25, 0.3) is 11.3 Å². The summed E-state index contributed by atoms with van der Waals surface area (Å²) >= 11 is 0. The second-order valence-corrected chi connectivity index (χ2v) is 5.31. The fourth-order valence-electron chi connectivity index (χ4n) is 3.02. The zero-order valence-corrected chi connectivity index (χ0v) is 10.9. The number of rotatable bonds is 2. The molecule has 19 heavy (non-hydrogen) atoms. The van der Waals surface area contributed by atoms with Crippen LogP contribution in [0.1, 0.15) is 37.7 Å². The van der Waals surface area contributed by atoms with E-state index in [1.54, 1.807) is 6.26 Å². The van der Waals surface area contributed by atoms with Crippen molar-refractivity contribution in [2.75, 3.05) is 0 Å². The van der Waals surface area contributed by atoms with Gasteiger partial charge in [0.05, 0.1) is 17.7 Å². The Balaban J connectivity index is 1.92. The summed E-state index contributed by atoms with van der Waals surface area (Å²) in [6.07, 6.45) is 7.24. The average Bonchev–Trinajstić information content (AvgIpc) is 3.02. The Bertz CT molecular complexity index is 569. The number of furan rings is 1. The van der Waals surface area contributed by atoms with E-state index in [0.29, 0.717) is 0 Å². The Hall–Kier alpha value is -2.01. The summed E-state index contributed by atoms with van der Waals surface area (Å²) < 4.78 is 5.39. The van der Waals surface area contributed by atoms with E-state index in [2.05, 4.69) is 30.3 Å². The maximum Gasteiger partial charge on any atom is 0.133 e. The maximum atomic E-state index is 9.58. The smallest absolute Gasteiger partial charge is 0.133 e. The molecule has 3 rings (SSSR count). The van der Waals surface area contributed by atoms with Crippen molar-refractivity contribution in [2.24, 2.45) is 0 Å². The van der Waals surface area contributed by atoms with E-state index in [0.717, 1.165) is 42.6 Å². The Morgan fingerprint density at radius 2 is 1.74 bits per heavy atom. The monoisotopic (exact) mass is 251 g/mol. The van der Waals surface area contributed by atoms with Gasteiger partial charge in [0.15, 0.2) is 0 Å². The van der Waals surface area contributed by atoms with Gasteiger partial charge >= 0.3 is 0 Å². The molecule has 1 aromatic heterocycles. The lowest BCUT2D eigenvalue weighted by Crippen LogP contribution is -2.26. The minimum absolute atomic E-state index is 0.264. The predicted molar refractivity (Wildman–Crippen MR) is 74.5 cm³/mol. The van der Waals surface area contributed by atoms with Gasteiger partial charge in [0, 0.05) is 5.56 Å². The minimum Gasteiger partial charge on any atom is -0.464 e. The van der Waals surface area contributed by atoms with Gasteiger partial charge in [-0.05, 0) is 30.5 Å². The normalized spacial score (nSPS) is 17.8. The molecule has 1 heterocycles. The van der Waals surface area contributed by atoms with Gasteiger partial charge in [-0.1, -0.05) is 43.5 Å². The molecule has 0 bridgehead atoms. The van der Waals surface area contributed by atoms with E-state index >= 15 is 0 Å². The van der Waals surface area contributed by atoms with Gasteiger partial charge in [0.2, 0.25) is 0 Å². The molecule has 2 nitrogen and oxygen atoms in total. The molecular weight excluding hydrogens is 234 g/mol. The third kappa shape index (κ3) is 2.17. The largest absolute Gasteiger partial charge is 0.464 e. The average molecular weight is 251 g/mol. The SMILES string of the molecule is N#CC1(c2ccc(-c3ccco3)cc2)CCCCC1. The second-order valence-electron chi connectivity index (χ2n) is 5.31. The summed E-state index contributed by atoms with van der Waals surface area (Å²) in [6.45, 7) is 0. The summed E-state index contributed by atoms with van der Waals surface area (Å²) in [5.41, 5.74) is 1.96. The zero-order valence-electron chi connectivity index (χ0n) is 10.9. The summed E-state index contributed by atoms with van der Waals surface area (Å²) in [6, 6.07) is 14.7. The molecule has 2 heteroatoms. The van der Waals surface area contributed by atoms with E-state index in [1.165, 1.54) is 6.42 Å². The lowest BCUT2D eigenvalue weighted by molar-refractivity contribution is 0.366. The van der Waals surface area contributed by atoms with Crippen LogP contribution in [-0.2, 0) is 5.41 Å². The Labute approximate surface area is 113 Å². The van der Waals surface area contributed by atoms with Crippen LogP contribution in [0.15, 0.2) is 47.1 Å². The van der Waals surface area contributed by atoms with Crippen molar-refractivity contribution in [1.82, 2.24) is 0 Å². The lowest BCUT2D eigenvalue weighted by atomic mass is 9.70. The molecule has 0 atom stereocenters. The molecule has 96 valence electrons. The molecule has 0 aliphatic heterocycles. The van der Waals surface area contributed by atoms with Gasteiger partial charge in [-0.3, -0.25) is 0 Å². The summed E-state index contributed by atoms with van der Waals surface area (Å²) in [5.74, 6) is 0.876. The zero-order chi connectivity index (χ0) is 13.1. The van der Waals surface area contributed by atoms with Crippen LogP contribution in [0.4, 0.5) is 0 Å². The van der Waals surface area contributed by atoms with Crippen molar-refractivity contribution in [1.29, 1.82) is 5.26 Å². The van der Waals surface area contributed by atoms with Gasteiger partial charge < -0.3 is 4.42 Å². The quantitative estimate of drug-likeness (QED) is 0.777. The molecule has 1 aliphatic rings. The third-order valence-electron chi connectivity index (χ3n) is 4.16. The van der Waals surface area contributed by atoms with Crippen LogP contribution in [0, 0.1) is 11.3 Å². The Morgan fingerprint density at radius 1 is 1.00 bits per heavy atom. The first-order chi connectivity index (χ1) is 9.34. The van der Waals surface area contributed by atoms with Crippen LogP contribution in [0.3, 0.4) is 0 Å². The topological polar surface area (TPSA) is 36.9 Å². The molecular formula is C17H17NO. The van der Waals surface area contributed by atoms with E-state index in [1.807, 2.05) is 12.1 Å². The van der Waals surface area contributed by atoms with E-state index in [4.69, 9.17) is 4.42 Å². The highest BCUT2D eigenvalue weighted by Gasteiger charge is 2.33. The van der Waals surface area contributed by atoms with Gasteiger partial charge in [-0.2, -0.15) is 5.26 Å². The molecule has 0 N–H and O–H groups in total. The first-order valence-electron chi connectivity index (χ1n) is 6.90. The van der Waals surface area contributed by atoms with Crippen molar-refractivity contribution < 1.29 is 4.42 Å². The van der Waals surface area contributed by atoms with Crippen LogP contribution in [0.5, 0.6) is 0 Å². The number of nitrogens with zero attached hydrogens (tertiary/aromatic N) is 1. The first kappa shape index (κ1) is 12.0. The van der Waals surface area contributed by atoms with Crippen molar-refractivity contribution in [3.8, 4) is 17.4 Å². The highest BCUT2D eigenvalue weighted by Crippen LogP contribution is 2.39. The van der Waals surface area contributed by atoms with Crippen LogP contribution in [0.2, 0.25) is 0 Å². The van der Waals surface area contributed by atoms with Gasteiger partial charge in [0.25, 0.3) is 0 Å². The summed E-state index contributed by atoms with van der Waals surface area (Å²) in [5, 5.41) is 9.58. The highest BCUT2D eigenvalue weighted by atomic mass is 16.3. The maximum absolute atomic E-state index is 9.58. The molecule has 1 aliphatic carbocycles. The van der Waals surface area contributed by atoms with E-state index < -0.39 is 0 Å². The summed E-state index contributed by atoms with van der Waals surface area (Å²) in [7, 11) is 0. The fraction of sp³-hybridized carbons (Fsp3) is 0.353. The molecule has 1 saturated carbocycles. The molecule has 1 aromatic carbocycles. The van der Waals surface area contributed by atoms with Crippen molar-refractivity contribution in [3.05, 3.63) is 48.2 Å². The van der Waals surface area contributed by atoms with Crippen LogP contribution >= 0.6 is 0 Å². The van der Waals surface area contributed by atoms with Gasteiger partial charge in [-0.25, -0.2) is 0 Å². The van der Waals surface area contributed by atoms with Crippen LogP contribution < -0.4 is 0 Å².